The van der Waals surface area contributed by atoms with Gasteiger partial charge in [0.2, 0.25) is 17.7 Å². The summed E-state index contributed by atoms with van der Waals surface area (Å²) in [7, 11) is 1.60. The molecule has 7 heteroatoms. The van der Waals surface area contributed by atoms with E-state index in [1.807, 2.05) is 19.1 Å². The number of aliphatic hydroxyl groups is 1. The molecule has 1 saturated heterocycles. The fraction of sp³-hybridized carbons (Fsp3) is 0.783. The highest BCUT2D eigenvalue weighted by molar-refractivity contribution is 5.96. The topological polar surface area (TPSA) is 98.7 Å². The smallest absolute Gasteiger partial charge is 0.243 e. The van der Waals surface area contributed by atoms with Gasteiger partial charge in [0.1, 0.15) is 6.04 Å². The first-order valence-corrected chi connectivity index (χ1v) is 11.6. The molecule has 0 radical (unpaired) electrons. The molecule has 2 aliphatic carbocycles. The summed E-state index contributed by atoms with van der Waals surface area (Å²) in [6.45, 7) is 2.57. The third kappa shape index (κ3) is 4.71. The van der Waals surface area contributed by atoms with Gasteiger partial charge in [-0.05, 0) is 38.0 Å². The molecule has 3 aliphatic rings. The highest BCUT2D eigenvalue weighted by atomic mass is 16.3. The Balaban J connectivity index is 1.83. The molecule has 30 heavy (non-hydrogen) atoms. The van der Waals surface area contributed by atoms with Crippen LogP contribution in [0.3, 0.4) is 0 Å². The van der Waals surface area contributed by atoms with Crippen LogP contribution in [0, 0.1) is 23.7 Å². The molecule has 168 valence electrons. The number of carbonyl (C=O) groups is 3. The lowest BCUT2D eigenvalue weighted by Crippen LogP contribution is -2.50. The van der Waals surface area contributed by atoms with Crippen LogP contribution in [0.25, 0.3) is 0 Å². The first-order chi connectivity index (χ1) is 14.5. The molecule has 0 aromatic carbocycles. The molecule has 0 unspecified atom stereocenters. The van der Waals surface area contributed by atoms with E-state index in [0.29, 0.717) is 13.0 Å². The summed E-state index contributed by atoms with van der Waals surface area (Å²) in [6.07, 6.45) is 11.7. The number of hydrogen-bond donors (Lipinski definition) is 3. The summed E-state index contributed by atoms with van der Waals surface area (Å²) in [5, 5.41) is 15.0. The van der Waals surface area contributed by atoms with Crippen LogP contribution in [-0.2, 0) is 14.4 Å². The summed E-state index contributed by atoms with van der Waals surface area (Å²) in [5.41, 5.74) is 0. The molecule has 3 N–H and O–H groups in total. The minimum Gasteiger partial charge on any atom is -0.396 e. The number of aliphatic hydroxyl groups excluding tert-OH is 1. The van der Waals surface area contributed by atoms with E-state index in [9.17, 15) is 14.4 Å². The summed E-state index contributed by atoms with van der Waals surface area (Å²) >= 11 is 0. The van der Waals surface area contributed by atoms with E-state index in [-0.39, 0.29) is 42.2 Å². The lowest BCUT2D eigenvalue weighted by atomic mass is 9.70. The van der Waals surface area contributed by atoms with Crippen molar-refractivity contribution in [2.75, 3.05) is 20.2 Å². The number of nitrogens with one attached hydrogen (secondary N) is 2. The molecule has 1 saturated carbocycles. The van der Waals surface area contributed by atoms with Gasteiger partial charge in [-0.15, -0.1) is 0 Å². The fourth-order valence-electron chi connectivity index (χ4n) is 5.50. The monoisotopic (exact) mass is 419 g/mol. The number of amides is 3. The molecule has 5 atom stereocenters. The van der Waals surface area contributed by atoms with Gasteiger partial charge in [0.05, 0.1) is 11.8 Å². The maximum Gasteiger partial charge on any atom is 0.243 e. The van der Waals surface area contributed by atoms with Crippen molar-refractivity contribution in [3.05, 3.63) is 12.2 Å². The van der Waals surface area contributed by atoms with Crippen LogP contribution in [0.5, 0.6) is 0 Å². The van der Waals surface area contributed by atoms with Crippen molar-refractivity contribution >= 4 is 17.7 Å². The van der Waals surface area contributed by atoms with Gasteiger partial charge in [-0.3, -0.25) is 14.4 Å². The number of hydrogen-bond acceptors (Lipinski definition) is 4. The number of unbranched alkanes of at least 4 members (excludes halogenated alkanes) is 2. The Labute approximate surface area is 179 Å². The highest BCUT2D eigenvalue weighted by Gasteiger charge is 2.56. The minimum atomic E-state index is -0.561. The van der Waals surface area contributed by atoms with Gasteiger partial charge in [-0.2, -0.15) is 0 Å². The SMILES string of the molecule is CNC(=O)[C@H]1[C@@H]2C(=O)N(CCCCCO)[C@H](C(=O)NC3CCCCC3)[C@H]2C=C[C@H]1C. The first-order valence-electron chi connectivity index (χ1n) is 11.6. The maximum absolute atomic E-state index is 13.5. The number of fused-ring (bicyclic) bond motifs is 1. The zero-order valence-electron chi connectivity index (χ0n) is 18.3. The quantitative estimate of drug-likeness (QED) is 0.411. The Morgan fingerprint density at radius 3 is 2.50 bits per heavy atom. The van der Waals surface area contributed by atoms with Gasteiger partial charge in [-0.1, -0.05) is 38.3 Å². The normalized spacial score (nSPS) is 31.5. The number of likely N-dealkylation sites (tertiary alicyclic amines) is 1. The number of allylic oxidation sites excluding steroid dienone is 1. The third-order valence-corrected chi connectivity index (χ3v) is 7.10. The van der Waals surface area contributed by atoms with Crippen LogP contribution >= 0.6 is 0 Å². The van der Waals surface area contributed by atoms with Gasteiger partial charge < -0.3 is 20.6 Å². The van der Waals surface area contributed by atoms with E-state index in [0.717, 1.165) is 38.5 Å². The van der Waals surface area contributed by atoms with Gasteiger partial charge in [-0.25, -0.2) is 0 Å². The lowest BCUT2D eigenvalue weighted by molar-refractivity contribution is -0.140. The molecule has 0 bridgehead atoms. The summed E-state index contributed by atoms with van der Waals surface area (Å²) in [5.74, 6) is -1.58. The molecule has 0 aromatic rings. The Kier molecular flexibility index (Phi) is 7.92. The number of carbonyl (C=O) groups excluding carboxylic acids is 3. The van der Waals surface area contributed by atoms with Crippen molar-refractivity contribution in [2.24, 2.45) is 23.7 Å². The number of nitrogens with zero attached hydrogens (tertiary/aromatic N) is 1. The Hall–Kier alpha value is -1.89. The second-order valence-corrected chi connectivity index (χ2v) is 9.09. The van der Waals surface area contributed by atoms with E-state index >= 15 is 0 Å². The Morgan fingerprint density at radius 1 is 1.10 bits per heavy atom. The van der Waals surface area contributed by atoms with Gasteiger partial charge in [0.15, 0.2) is 0 Å². The Bertz CT molecular complexity index is 659. The third-order valence-electron chi connectivity index (χ3n) is 7.10. The Morgan fingerprint density at radius 2 is 1.83 bits per heavy atom. The maximum atomic E-state index is 13.5. The zero-order chi connectivity index (χ0) is 21.7. The van der Waals surface area contributed by atoms with Gasteiger partial charge in [0.25, 0.3) is 0 Å². The molecule has 3 rings (SSSR count). The fourth-order valence-corrected chi connectivity index (χ4v) is 5.50. The van der Waals surface area contributed by atoms with Crippen molar-refractivity contribution in [1.82, 2.24) is 15.5 Å². The van der Waals surface area contributed by atoms with E-state index in [4.69, 9.17) is 5.11 Å². The molecular weight excluding hydrogens is 382 g/mol. The second-order valence-electron chi connectivity index (χ2n) is 9.09. The van der Waals surface area contributed by atoms with Crippen LogP contribution in [0.15, 0.2) is 12.2 Å². The zero-order valence-corrected chi connectivity index (χ0v) is 18.3. The van der Waals surface area contributed by atoms with Crippen molar-refractivity contribution in [1.29, 1.82) is 0 Å². The first kappa shape index (κ1) is 22.8. The summed E-state index contributed by atoms with van der Waals surface area (Å²) in [4.78, 5) is 41.2. The van der Waals surface area contributed by atoms with E-state index < -0.39 is 17.9 Å². The molecule has 1 heterocycles. The average Bonchev–Trinajstić information content (AvgIpc) is 3.03. The average molecular weight is 420 g/mol. The van der Waals surface area contributed by atoms with Crippen LogP contribution in [0.4, 0.5) is 0 Å². The number of rotatable bonds is 8. The lowest BCUT2D eigenvalue weighted by Gasteiger charge is -2.33. The van der Waals surface area contributed by atoms with Crippen molar-refractivity contribution in [3.8, 4) is 0 Å². The minimum absolute atomic E-state index is 0.0495. The highest BCUT2D eigenvalue weighted by Crippen LogP contribution is 2.44. The molecule has 7 nitrogen and oxygen atoms in total. The van der Waals surface area contributed by atoms with Crippen LogP contribution in [0.2, 0.25) is 0 Å². The van der Waals surface area contributed by atoms with Crippen LogP contribution < -0.4 is 10.6 Å². The van der Waals surface area contributed by atoms with E-state index in [1.165, 1.54) is 6.42 Å². The van der Waals surface area contributed by atoms with E-state index in [2.05, 4.69) is 10.6 Å². The summed E-state index contributed by atoms with van der Waals surface area (Å²) in [6, 6.07) is -0.382. The van der Waals surface area contributed by atoms with Crippen molar-refractivity contribution in [3.63, 3.8) is 0 Å². The standard InChI is InChI=1S/C23H37N3O4/c1-15-11-12-17-19(18(15)21(28)24-2)23(30)26(13-7-4-8-14-27)20(17)22(29)25-16-9-5-3-6-10-16/h11-12,15-20,27H,3-10,13-14H2,1-2H3,(H,24,28)(H,25,29)/t15-,17+,18-,19-,20+/m1/s1. The van der Waals surface area contributed by atoms with Crippen molar-refractivity contribution < 1.29 is 19.5 Å². The molecular formula is C23H37N3O4. The molecule has 3 amide bonds. The molecule has 0 spiro atoms. The van der Waals surface area contributed by atoms with Crippen LogP contribution in [0.1, 0.15) is 58.3 Å². The predicted molar refractivity (Wildman–Crippen MR) is 114 cm³/mol. The largest absolute Gasteiger partial charge is 0.396 e. The predicted octanol–water partition coefficient (Wildman–Crippen LogP) is 1.61. The molecule has 0 aromatic heterocycles. The van der Waals surface area contributed by atoms with Crippen molar-refractivity contribution in [2.45, 2.75) is 70.4 Å². The van der Waals surface area contributed by atoms with Crippen LogP contribution in [-0.4, -0.2) is 60.0 Å². The van der Waals surface area contributed by atoms with Gasteiger partial charge in [0, 0.05) is 32.2 Å². The molecule has 1 aliphatic heterocycles. The van der Waals surface area contributed by atoms with E-state index in [1.54, 1.807) is 11.9 Å². The van der Waals surface area contributed by atoms with Gasteiger partial charge >= 0.3 is 0 Å². The summed E-state index contributed by atoms with van der Waals surface area (Å²) < 4.78 is 0. The second kappa shape index (κ2) is 10.4. The molecule has 2 fully saturated rings.